The zero-order chi connectivity index (χ0) is 15.0. The normalized spacial score (nSPS) is 33.0. The molecule has 0 aromatic heterocycles. The minimum absolute atomic E-state index is 0.0285. The first kappa shape index (κ1) is 14.3. The third kappa shape index (κ3) is 2.72. The van der Waals surface area contributed by atoms with E-state index in [0.29, 0.717) is 19.4 Å². The number of benzene rings is 1. The Labute approximate surface area is 125 Å². The summed E-state index contributed by atoms with van der Waals surface area (Å²) in [5, 5.41) is 1.49. The number of carbonyl (C=O) groups is 2. The molecule has 1 aliphatic carbocycles. The van der Waals surface area contributed by atoms with Gasteiger partial charge in [-0.05, 0) is 18.4 Å². The molecule has 0 unspecified atom stereocenters. The van der Waals surface area contributed by atoms with Crippen LogP contribution in [-0.4, -0.2) is 22.9 Å². The molecule has 1 aliphatic heterocycles. The van der Waals surface area contributed by atoms with Crippen molar-refractivity contribution < 1.29 is 14.4 Å². The quantitative estimate of drug-likeness (QED) is 0.840. The minimum atomic E-state index is -0.0943. The number of carbonyl (C=O) groups excluding carboxylic acids is 2. The lowest BCUT2D eigenvalue weighted by atomic mass is 9.69. The van der Waals surface area contributed by atoms with Crippen LogP contribution in [0.5, 0.6) is 0 Å². The van der Waals surface area contributed by atoms with E-state index in [2.05, 4.69) is 0 Å². The molecule has 4 nitrogen and oxygen atoms in total. The fraction of sp³-hybridized carbons (Fsp3) is 0.529. The summed E-state index contributed by atoms with van der Waals surface area (Å²) in [7, 11) is 0. The Balaban J connectivity index is 1.80. The summed E-state index contributed by atoms with van der Waals surface area (Å²) in [4.78, 5) is 30.3. The van der Waals surface area contributed by atoms with Gasteiger partial charge in [-0.25, -0.2) is 5.06 Å². The van der Waals surface area contributed by atoms with Gasteiger partial charge < -0.3 is 0 Å². The lowest BCUT2D eigenvalue weighted by molar-refractivity contribution is -0.251. The van der Waals surface area contributed by atoms with Gasteiger partial charge in [0.25, 0.3) is 0 Å². The van der Waals surface area contributed by atoms with E-state index >= 15 is 0 Å². The Bertz CT molecular complexity index is 542. The van der Waals surface area contributed by atoms with Crippen LogP contribution in [0.4, 0.5) is 0 Å². The van der Waals surface area contributed by atoms with Crippen molar-refractivity contribution in [3.63, 3.8) is 0 Å². The van der Waals surface area contributed by atoms with Gasteiger partial charge in [-0.15, -0.1) is 0 Å². The summed E-state index contributed by atoms with van der Waals surface area (Å²) in [5.74, 6) is 0.328. The number of amides is 1. The molecule has 21 heavy (non-hydrogen) atoms. The number of hydrogen-bond acceptors (Lipinski definition) is 3. The lowest BCUT2D eigenvalue weighted by Gasteiger charge is -2.45. The summed E-state index contributed by atoms with van der Waals surface area (Å²) in [5.41, 5.74) is 1.05. The molecular weight excluding hydrogens is 266 g/mol. The monoisotopic (exact) mass is 287 g/mol. The molecule has 1 aromatic rings. The van der Waals surface area contributed by atoms with E-state index in [4.69, 9.17) is 4.84 Å². The molecule has 3 rings (SSSR count). The van der Waals surface area contributed by atoms with Crippen LogP contribution in [-0.2, 0) is 21.0 Å². The zero-order valence-corrected chi connectivity index (χ0v) is 12.5. The number of hydroxylamine groups is 2. The Hall–Kier alpha value is -1.68. The van der Waals surface area contributed by atoms with Crippen LogP contribution in [0.2, 0.25) is 0 Å². The van der Waals surface area contributed by atoms with E-state index in [9.17, 15) is 9.59 Å². The third-order valence-corrected chi connectivity index (χ3v) is 4.68. The molecule has 1 amide bonds. The van der Waals surface area contributed by atoms with Crippen molar-refractivity contribution in [3.05, 3.63) is 35.9 Å². The highest BCUT2D eigenvalue weighted by Gasteiger charge is 2.48. The maximum atomic E-state index is 12.7. The van der Waals surface area contributed by atoms with Gasteiger partial charge in [-0.3, -0.25) is 14.4 Å². The highest BCUT2D eigenvalue weighted by Crippen LogP contribution is 2.40. The number of fused-ring (bicyclic) bond motifs is 1. The average Bonchev–Trinajstić information content (AvgIpc) is 2.45. The van der Waals surface area contributed by atoms with Gasteiger partial charge in [0.1, 0.15) is 5.78 Å². The number of rotatable bonds is 2. The van der Waals surface area contributed by atoms with E-state index < -0.39 is 0 Å². The largest absolute Gasteiger partial charge is 0.300 e. The standard InChI is InChI=1S/C17H21NO3/c1-11-8-14(19)9-15-12(2)21-18(17(20)16(11)15)10-13-6-4-3-5-7-13/h3-7,11-12,15-16H,8-10H2,1-2H3/t11-,12+,15+,16+/m1/s1. The molecule has 1 saturated carbocycles. The summed E-state index contributed by atoms with van der Waals surface area (Å²) in [6, 6.07) is 9.84. The highest BCUT2D eigenvalue weighted by molar-refractivity contribution is 5.86. The van der Waals surface area contributed by atoms with E-state index in [0.717, 1.165) is 5.56 Å². The first-order chi connectivity index (χ1) is 10.1. The Morgan fingerprint density at radius 1 is 1.14 bits per heavy atom. The first-order valence-corrected chi connectivity index (χ1v) is 7.60. The van der Waals surface area contributed by atoms with Gasteiger partial charge in [0.2, 0.25) is 5.91 Å². The van der Waals surface area contributed by atoms with Crippen LogP contribution < -0.4 is 0 Å². The molecule has 1 aromatic carbocycles. The maximum Gasteiger partial charge on any atom is 0.250 e. The van der Waals surface area contributed by atoms with Gasteiger partial charge >= 0.3 is 0 Å². The fourth-order valence-electron chi connectivity index (χ4n) is 3.63. The molecule has 1 saturated heterocycles. The summed E-state index contributed by atoms with van der Waals surface area (Å²) >= 11 is 0. The first-order valence-electron chi connectivity index (χ1n) is 7.60. The predicted molar refractivity (Wildman–Crippen MR) is 77.9 cm³/mol. The Morgan fingerprint density at radius 3 is 2.57 bits per heavy atom. The van der Waals surface area contributed by atoms with E-state index in [1.54, 1.807) is 0 Å². The molecule has 2 aliphatic rings. The molecule has 4 heteroatoms. The van der Waals surface area contributed by atoms with Crippen LogP contribution in [0.15, 0.2) is 30.3 Å². The molecular formula is C17H21NO3. The molecule has 4 atom stereocenters. The van der Waals surface area contributed by atoms with Crippen molar-refractivity contribution in [1.29, 1.82) is 0 Å². The zero-order valence-electron chi connectivity index (χ0n) is 12.5. The van der Waals surface area contributed by atoms with Crippen molar-refractivity contribution in [2.75, 3.05) is 0 Å². The van der Waals surface area contributed by atoms with Crippen LogP contribution in [0.1, 0.15) is 32.3 Å². The SMILES string of the molecule is C[C@@H]1CC(=O)C[C@@H]2[C@H]1C(=O)N(Cc1ccccc1)O[C@H]2C. The molecule has 0 radical (unpaired) electrons. The molecule has 2 fully saturated rings. The van der Waals surface area contributed by atoms with Gasteiger partial charge in [-0.2, -0.15) is 0 Å². The van der Waals surface area contributed by atoms with Crippen molar-refractivity contribution in [3.8, 4) is 0 Å². The second kappa shape index (κ2) is 5.60. The molecule has 0 spiro atoms. The second-order valence-electron chi connectivity index (χ2n) is 6.28. The van der Waals surface area contributed by atoms with Crippen molar-refractivity contribution >= 4 is 11.7 Å². The van der Waals surface area contributed by atoms with Crippen molar-refractivity contribution in [1.82, 2.24) is 5.06 Å². The van der Waals surface area contributed by atoms with Crippen LogP contribution >= 0.6 is 0 Å². The van der Waals surface area contributed by atoms with Crippen LogP contribution in [0.25, 0.3) is 0 Å². The molecule has 112 valence electrons. The summed E-state index contributed by atoms with van der Waals surface area (Å²) < 4.78 is 0. The Kier molecular flexibility index (Phi) is 3.81. The van der Waals surface area contributed by atoms with E-state index in [1.807, 2.05) is 44.2 Å². The van der Waals surface area contributed by atoms with Gasteiger partial charge in [-0.1, -0.05) is 37.3 Å². The molecule has 0 N–H and O–H groups in total. The number of hydrogen-bond donors (Lipinski definition) is 0. The second-order valence-corrected chi connectivity index (χ2v) is 6.28. The van der Waals surface area contributed by atoms with Crippen molar-refractivity contribution in [2.45, 2.75) is 39.3 Å². The van der Waals surface area contributed by atoms with Gasteiger partial charge in [0.05, 0.1) is 12.6 Å². The van der Waals surface area contributed by atoms with E-state index in [-0.39, 0.29) is 35.5 Å². The van der Waals surface area contributed by atoms with Gasteiger partial charge in [0, 0.05) is 24.7 Å². The van der Waals surface area contributed by atoms with Crippen molar-refractivity contribution in [2.24, 2.45) is 17.8 Å². The predicted octanol–water partition coefficient (Wildman–Crippen LogP) is 2.58. The summed E-state index contributed by atoms with van der Waals surface area (Å²) in [6.45, 7) is 4.44. The third-order valence-electron chi connectivity index (χ3n) is 4.68. The number of nitrogens with zero attached hydrogens (tertiary/aromatic N) is 1. The maximum absolute atomic E-state index is 12.7. The topological polar surface area (TPSA) is 46.6 Å². The molecule has 0 bridgehead atoms. The number of ketones is 1. The smallest absolute Gasteiger partial charge is 0.250 e. The highest BCUT2D eigenvalue weighted by atomic mass is 16.7. The molecule has 1 heterocycles. The lowest BCUT2D eigenvalue weighted by Crippen LogP contribution is -2.54. The summed E-state index contributed by atoms with van der Waals surface area (Å²) in [6.07, 6.45) is 0.892. The van der Waals surface area contributed by atoms with E-state index in [1.165, 1.54) is 5.06 Å². The Morgan fingerprint density at radius 2 is 1.86 bits per heavy atom. The fourth-order valence-corrected chi connectivity index (χ4v) is 3.63. The van der Waals surface area contributed by atoms with Crippen LogP contribution in [0, 0.1) is 17.8 Å². The number of Topliss-reactive ketones (excluding diaryl/α,β-unsaturated/α-hetero) is 1. The minimum Gasteiger partial charge on any atom is -0.300 e. The average molecular weight is 287 g/mol. The van der Waals surface area contributed by atoms with Gasteiger partial charge in [0.15, 0.2) is 0 Å². The van der Waals surface area contributed by atoms with Crippen LogP contribution in [0.3, 0.4) is 0 Å².